The Morgan fingerprint density at radius 3 is 2.74 bits per heavy atom. The Labute approximate surface area is 118 Å². The van der Waals surface area contributed by atoms with Crippen LogP contribution in [0.3, 0.4) is 0 Å². The molecule has 0 aromatic carbocycles. The first-order chi connectivity index (χ1) is 9.29. The van der Waals surface area contributed by atoms with E-state index in [-0.39, 0.29) is 18.2 Å². The lowest BCUT2D eigenvalue weighted by Gasteiger charge is -2.17. The van der Waals surface area contributed by atoms with Crippen LogP contribution in [0.4, 0.5) is 0 Å². The van der Waals surface area contributed by atoms with Gasteiger partial charge in [-0.3, -0.25) is 4.79 Å². The van der Waals surface area contributed by atoms with Crippen molar-refractivity contribution in [1.29, 1.82) is 5.26 Å². The van der Waals surface area contributed by atoms with Gasteiger partial charge in [-0.05, 0) is 24.3 Å². The highest BCUT2D eigenvalue weighted by molar-refractivity contribution is 7.10. The van der Waals surface area contributed by atoms with Crippen LogP contribution in [0, 0.1) is 11.3 Å². The maximum Gasteiger partial charge on any atom is 0.221 e. The molecule has 19 heavy (non-hydrogen) atoms. The Morgan fingerprint density at radius 1 is 1.42 bits per heavy atom. The molecule has 1 saturated carbocycles. The second-order valence-electron chi connectivity index (χ2n) is 5.16. The van der Waals surface area contributed by atoms with Gasteiger partial charge in [0.05, 0.1) is 12.0 Å². The summed E-state index contributed by atoms with van der Waals surface area (Å²) in [5.41, 5.74) is 0. The van der Waals surface area contributed by atoms with Crippen molar-refractivity contribution in [2.45, 2.75) is 56.9 Å². The fourth-order valence-corrected chi connectivity index (χ4v) is 3.37. The van der Waals surface area contributed by atoms with Crippen LogP contribution in [0.2, 0.25) is 0 Å². The molecule has 1 aliphatic rings. The number of hydrogen-bond donors (Lipinski definition) is 1. The van der Waals surface area contributed by atoms with Gasteiger partial charge >= 0.3 is 0 Å². The van der Waals surface area contributed by atoms with Gasteiger partial charge in [-0.2, -0.15) is 5.26 Å². The van der Waals surface area contributed by atoms with Crippen LogP contribution in [0.15, 0.2) is 17.5 Å². The first kappa shape index (κ1) is 14.1. The first-order valence-corrected chi connectivity index (χ1v) is 7.90. The zero-order valence-corrected chi connectivity index (χ0v) is 11.9. The highest BCUT2D eigenvalue weighted by Gasteiger charge is 2.19. The van der Waals surface area contributed by atoms with Crippen LogP contribution < -0.4 is 5.32 Å². The molecule has 1 amide bonds. The lowest BCUT2D eigenvalue weighted by Crippen LogP contribution is -2.35. The molecule has 0 bridgehead atoms. The molecule has 0 spiro atoms. The van der Waals surface area contributed by atoms with Crippen LogP contribution in [-0.2, 0) is 4.79 Å². The van der Waals surface area contributed by atoms with Crippen LogP contribution in [0.1, 0.15) is 55.7 Å². The summed E-state index contributed by atoms with van der Waals surface area (Å²) in [6.45, 7) is 0. The quantitative estimate of drug-likeness (QED) is 0.854. The van der Waals surface area contributed by atoms with E-state index in [2.05, 4.69) is 11.4 Å². The molecule has 1 aliphatic carbocycles. The molecule has 102 valence electrons. The summed E-state index contributed by atoms with van der Waals surface area (Å²) in [5, 5.41) is 14.2. The average Bonchev–Trinajstić information content (AvgIpc) is 2.82. The lowest BCUT2D eigenvalue weighted by molar-refractivity contribution is -0.122. The summed E-state index contributed by atoms with van der Waals surface area (Å²) in [7, 11) is 0. The summed E-state index contributed by atoms with van der Waals surface area (Å²) >= 11 is 1.54. The summed E-state index contributed by atoms with van der Waals surface area (Å²) < 4.78 is 0. The van der Waals surface area contributed by atoms with Crippen molar-refractivity contribution in [3.8, 4) is 6.07 Å². The summed E-state index contributed by atoms with van der Waals surface area (Å²) in [6.07, 6.45) is 7.43. The first-order valence-electron chi connectivity index (χ1n) is 7.02. The van der Waals surface area contributed by atoms with Gasteiger partial charge in [-0.1, -0.05) is 31.7 Å². The Morgan fingerprint density at radius 2 is 2.16 bits per heavy atom. The van der Waals surface area contributed by atoms with E-state index in [1.165, 1.54) is 25.7 Å². The SMILES string of the molecule is N#CC(CC(=O)NC1CCCCCC1)c1cccs1. The maximum absolute atomic E-state index is 12.0. The molecule has 1 fully saturated rings. The highest BCUT2D eigenvalue weighted by atomic mass is 32.1. The number of nitriles is 1. The molecule has 1 heterocycles. The Balaban J connectivity index is 1.84. The van der Waals surface area contributed by atoms with E-state index in [0.29, 0.717) is 6.04 Å². The molecule has 1 unspecified atom stereocenters. The molecule has 1 N–H and O–H groups in total. The Kier molecular flexibility index (Phi) is 5.41. The fraction of sp³-hybridized carbons (Fsp3) is 0.600. The largest absolute Gasteiger partial charge is 0.353 e. The molecule has 0 saturated heterocycles. The van der Waals surface area contributed by atoms with E-state index < -0.39 is 0 Å². The summed E-state index contributed by atoms with van der Waals surface area (Å²) in [6, 6.07) is 6.40. The molecule has 0 radical (unpaired) electrons. The molecule has 1 aromatic rings. The standard InChI is InChI=1S/C15H20N2OS/c16-11-12(14-8-5-9-19-14)10-15(18)17-13-6-3-1-2-4-7-13/h5,8-9,12-13H,1-4,6-7,10H2,(H,17,18). The van der Waals surface area contributed by atoms with Crippen molar-refractivity contribution in [1.82, 2.24) is 5.32 Å². The number of rotatable bonds is 4. The molecule has 2 rings (SSSR count). The number of carbonyl (C=O) groups is 1. The van der Waals surface area contributed by atoms with E-state index in [9.17, 15) is 10.1 Å². The van der Waals surface area contributed by atoms with E-state index >= 15 is 0 Å². The fourth-order valence-electron chi connectivity index (χ4n) is 2.60. The van der Waals surface area contributed by atoms with Gasteiger partial charge in [0.2, 0.25) is 5.91 Å². The number of nitrogens with one attached hydrogen (secondary N) is 1. The highest BCUT2D eigenvalue weighted by Crippen LogP contribution is 2.24. The van der Waals surface area contributed by atoms with E-state index in [1.807, 2.05) is 17.5 Å². The van der Waals surface area contributed by atoms with Crippen molar-refractivity contribution in [3.63, 3.8) is 0 Å². The predicted octanol–water partition coefficient (Wildman–Crippen LogP) is 3.58. The van der Waals surface area contributed by atoms with Crippen LogP contribution in [0.5, 0.6) is 0 Å². The van der Waals surface area contributed by atoms with Crippen LogP contribution >= 0.6 is 11.3 Å². The Bertz CT molecular complexity index is 427. The van der Waals surface area contributed by atoms with Crippen molar-refractivity contribution < 1.29 is 4.79 Å². The normalized spacial score (nSPS) is 18.3. The van der Waals surface area contributed by atoms with Crippen molar-refractivity contribution in [2.24, 2.45) is 0 Å². The second kappa shape index (κ2) is 7.30. The number of nitrogens with zero attached hydrogens (tertiary/aromatic N) is 1. The topological polar surface area (TPSA) is 52.9 Å². The van der Waals surface area contributed by atoms with Gasteiger partial charge in [0.1, 0.15) is 0 Å². The van der Waals surface area contributed by atoms with Gasteiger partial charge in [0.15, 0.2) is 0 Å². The van der Waals surface area contributed by atoms with Crippen LogP contribution in [0.25, 0.3) is 0 Å². The smallest absolute Gasteiger partial charge is 0.221 e. The minimum absolute atomic E-state index is 0.0202. The molecule has 4 heteroatoms. The summed E-state index contributed by atoms with van der Waals surface area (Å²) in [5.74, 6) is -0.280. The molecule has 3 nitrogen and oxygen atoms in total. The molecule has 1 aromatic heterocycles. The monoisotopic (exact) mass is 276 g/mol. The zero-order valence-electron chi connectivity index (χ0n) is 11.1. The average molecular weight is 276 g/mol. The third-order valence-electron chi connectivity index (χ3n) is 3.65. The Hall–Kier alpha value is -1.34. The van der Waals surface area contributed by atoms with E-state index in [4.69, 9.17) is 0 Å². The van der Waals surface area contributed by atoms with Crippen molar-refractivity contribution in [3.05, 3.63) is 22.4 Å². The van der Waals surface area contributed by atoms with Crippen molar-refractivity contribution in [2.75, 3.05) is 0 Å². The molecule has 1 atom stereocenters. The van der Waals surface area contributed by atoms with Gasteiger partial charge in [-0.25, -0.2) is 0 Å². The number of carbonyl (C=O) groups excluding carboxylic acids is 1. The van der Waals surface area contributed by atoms with Crippen LogP contribution in [-0.4, -0.2) is 11.9 Å². The second-order valence-corrected chi connectivity index (χ2v) is 6.14. The number of hydrogen-bond acceptors (Lipinski definition) is 3. The third kappa shape index (κ3) is 4.36. The zero-order chi connectivity index (χ0) is 13.5. The van der Waals surface area contributed by atoms with E-state index in [0.717, 1.165) is 17.7 Å². The predicted molar refractivity (Wildman–Crippen MR) is 76.9 cm³/mol. The van der Waals surface area contributed by atoms with Gasteiger partial charge in [-0.15, -0.1) is 11.3 Å². The van der Waals surface area contributed by atoms with Gasteiger partial charge in [0, 0.05) is 17.3 Å². The third-order valence-corrected chi connectivity index (χ3v) is 4.64. The van der Waals surface area contributed by atoms with Gasteiger partial charge < -0.3 is 5.32 Å². The maximum atomic E-state index is 12.0. The van der Waals surface area contributed by atoms with E-state index in [1.54, 1.807) is 11.3 Å². The lowest BCUT2D eigenvalue weighted by atomic mass is 10.0. The van der Waals surface area contributed by atoms with Crippen molar-refractivity contribution >= 4 is 17.2 Å². The summed E-state index contributed by atoms with van der Waals surface area (Å²) in [4.78, 5) is 13.0. The minimum atomic E-state index is -0.300. The minimum Gasteiger partial charge on any atom is -0.353 e. The number of thiophene rings is 1. The molecular weight excluding hydrogens is 256 g/mol. The molecular formula is C15H20N2OS. The molecule has 0 aliphatic heterocycles. The van der Waals surface area contributed by atoms with Gasteiger partial charge in [0.25, 0.3) is 0 Å². The number of amides is 1.